The zero-order chi connectivity index (χ0) is 31.0. The van der Waals surface area contributed by atoms with Crippen LogP contribution in [-0.2, 0) is 14.3 Å². The van der Waals surface area contributed by atoms with Crippen molar-refractivity contribution >= 4 is 11.8 Å². The molecule has 2 aliphatic rings. The topological polar surface area (TPSA) is 77.2 Å². The van der Waals surface area contributed by atoms with E-state index in [0.717, 1.165) is 65.4 Å². The van der Waals surface area contributed by atoms with E-state index in [1.807, 2.05) is 20.8 Å². The van der Waals surface area contributed by atoms with Crippen molar-refractivity contribution in [3.63, 3.8) is 0 Å². The molecule has 0 aromatic carbocycles. The molecule has 0 aromatic rings. The van der Waals surface area contributed by atoms with Gasteiger partial charge in [0.25, 0.3) is 0 Å². The first-order chi connectivity index (χ1) is 18.7. The fraction of sp³-hybridized carbons (Fsp3) is 0.938. The molecule has 0 saturated carbocycles. The molecule has 0 radical (unpaired) electrons. The maximum atomic E-state index is 12.1. The maximum Gasteiger partial charge on any atom is 0.223 e. The highest BCUT2D eigenvalue weighted by Crippen LogP contribution is 2.20. The monoisotopic (exact) mass is 574 g/mol. The second-order valence-corrected chi connectivity index (χ2v) is 13.0. The first-order valence-electron chi connectivity index (χ1n) is 16.0. The highest BCUT2D eigenvalue weighted by molar-refractivity contribution is 5.78. The lowest BCUT2D eigenvalue weighted by Gasteiger charge is -2.44. The lowest BCUT2D eigenvalue weighted by Crippen LogP contribution is -2.58. The van der Waals surface area contributed by atoms with Gasteiger partial charge in [-0.2, -0.15) is 0 Å². The van der Waals surface area contributed by atoms with Gasteiger partial charge in [0.1, 0.15) is 0 Å². The van der Waals surface area contributed by atoms with Crippen LogP contribution in [0.1, 0.15) is 99.3 Å². The summed E-state index contributed by atoms with van der Waals surface area (Å²) in [5, 5.41) is 6.30. The van der Waals surface area contributed by atoms with Crippen LogP contribution < -0.4 is 10.6 Å². The Kier molecular flexibility index (Phi) is 19.2. The summed E-state index contributed by atoms with van der Waals surface area (Å²) in [5.74, 6) is 1.26. The molecule has 2 heterocycles. The summed E-state index contributed by atoms with van der Waals surface area (Å²) in [6, 6.07) is 1.12. The van der Waals surface area contributed by atoms with Gasteiger partial charge in [-0.3, -0.25) is 24.3 Å². The molecule has 2 aliphatic heterocycles. The van der Waals surface area contributed by atoms with Crippen molar-refractivity contribution in [3.8, 4) is 0 Å². The van der Waals surface area contributed by atoms with Crippen LogP contribution in [0.3, 0.4) is 0 Å². The normalized spacial score (nSPS) is 20.6. The molecule has 0 spiro atoms. The largest absolute Gasteiger partial charge is 0.378 e. The van der Waals surface area contributed by atoms with E-state index in [0.29, 0.717) is 17.9 Å². The average Bonchev–Trinajstić information content (AvgIpc) is 2.89. The predicted molar refractivity (Wildman–Crippen MR) is 174 cm³/mol. The summed E-state index contributed by atoms with van der Waals surface area (Å²) in [7, 11) is 0. The number of ether oxygens (including phenoxy) is 1. The SMILES string of the molecule is CC.CC(=O)NC(CN1CCN(C(C)C)CC1)C(C)C.CCC(C)C(=O)N[C@@H](CN1CCOCC1(C)C)C(C)C.[HH].[HH]. The van der Waals surface area contributed by atoms with Crippen molar-refractivity contribution in [1.82, 2.24) is 25.3 Å². The Hall–Kier alpha value is -1.22. The molecule has 2 saturated heterocycles. The minimum Gasteiger partial charge on any atom is -0.378 e. The third-order valence-electron chi connectivity index (χ3n) is 8.21. The van der Waals surface area contributed by atoms with Crippen molar-refractivity contribution in [2.75, 3.05) is 59.0 Å². The maximum absolute atomic E-state index is 12.1. The quantitative estimate of drug-likeness (QED) is 0.363. The van der Waals surface area contributed by atoms with Crippen molar-refractivity contribution in [1.29, 1.82) is 0 Å². The summed E-state index contributed by atoms with van der Waals surface area (Å²) >= 11 is 0. The molecule has 40 heavy (non-hydrogen) atoms. The summed E-state index contributed by atoms with van der Waals surface area (Å²) in [6.07, 6.45) is 0.889. The number of carbonyl (C=O) groups excluding carboxylic acids is 2. The molecular formula is C32H71N5O3. The molecule has 2 amide bonds. The summed E-state index contributed by atoms with van der Waals surface area (Å²) in [4.78, 5) is 30.8. The number of morpholine rings is 1. The van der Waals surface area contributed by atoms with Gasteiger partial charge < -0.3 is 15.4 Å². The van der Waals surface area contributed by atoms with Crippen LogP contribution in [0.5, 0.6) is 0 Å². The van der Waals surface area contributed by atoms with Crippen LogP contribution >= 0.6 is 0 Å². The van der Waals surface area contributed by atoms with Crippen molar-refractivity contribution in [2.24, 2.45) is 17.8 Å². The van der Waals surface area contributed by atoms with E-state index in [4.69, 9.17) is 4.74 Å². The van der Waals surface area contributed by atoms with Crippen LogP contribution in [0.4, 0.5) is 0 Å². The molecular weight excluding hydrogens is 502 g/mol. The molecule has 3 atom stereocenters. The zero-order valence-corrected chi connectivity index (χ0v) is 28.6. The molecule has 8 nitrogen and oxygen atoms in total. The standard InChI is InChI=1S/C16H32N2O2.C14H29N3O.C2H6.2H2/c1-7-13(4)15(19)17-14(12(2)3)10-18-8-9-20-11-16(18,5)6;1-11(2)14(15-13(5)18)10-16-6-8-17(9-7-16)12(3)4;1-2;;/h12-14H,7-11H2,1-6H3,(H,17,19);11-12,14H,6-10H2,1-5H3,(H,15,18);1-2H3;2*1H/t13?,14-;;;;/m0..../s1. The van der Waals surface area contributed by atoms with E-state index < -0.39 is 0 Å². The van der Waals surface area contributed by atoms with Gasteiger partial charge in [-0.1, -0.05) is 55.4 Å². The lowest BCUT2D eigenvalue weighted by molar-refractivity contribution is -0.126. The van der Waals surface area contributed by atoms with E-state index in [9.17, 15) is 9.59 Å². The van der Waals surface area contributed by atoms with Gasteiger partial charge in [-0.15, -0.1) is 0 Å². The third kappa shape index (κ3) is 14.6. The fourth-order valence-electron chi connectivity index (χ4n) is 4.82. The molecule has 2 fully saturated rings. The molecule has 2 N–H and O–H groups in total. The first-order valence-corrected chi connectivity index (χ1v) is 16.0. The smallest absolute Gasteiger partial charge is 0.223 e. The molecule has 242 valence electrons. The van der Waals surface area contributed by atoms with Crippen molar-refractivity contribution < 1.29 is 17.2 Å². The number of hydrogen-bond acceptors (Lipinski definition) is 6. The minimum absolute atomic E-state index is 0. The Bertz CT molecular complexity index is 702. The molecule has 2 rings (SSSR count). The highest BCUT2D eigenvalue weighted by atomic mass is 16.5. The lowest BCUT2D eigenvalue weighted by atomic mass is 9.97. The van der Waals surface area contributed by atoms with E-state index in [1.54, 1.807) is 6.92 Å². The second-order valence-electron chi connectivity index (χ2n) is 13.0. The molecule has 0 aliphatic carbocycles. The molecule has 0 aromatic heterocycles. The molecule has 8 heteroatoms. The minimum atomic E-state index is 0. The number of carbonyl (C=O) groups is 2. The highest BCUT2D eigenvalue weighted by Gasteiger charge is 2.33. The Morgan fingerprint density at radius 2 is 1.38 bits per heavy atom. The van der Waals surface area contributed by atoms with Gasteiger partial charge in [0.2, 0.25) is 11.8 Å². The number of piperazine rings is 1. The van der Waals surface area contributed by atoms with E-state index in [2.05, 4.69) is 87.6 Å². The van der Waals surface area contributed by atoms with Gasteiger partial charge >= 0.3 is 0 Å². The number of rotatable bonds is 11. The summed E-state index contributed by atoms with van der Waals surface area (Å²) < 4.78 is 5.56. The number of nitrogens with zero attached hydrogens (tertiary/aromatic N) is 3. The van der Waals surface area contributed by atoms with E-state index in [-0.39, 0.29) is 38.2 Å². The zero-order valence-electron chi connectivity index (χ0n) is 28.6. The summed E-state index contributed by atoms with van der Waals surface area (Å²) in [6.45, 7) is 36.1. The molecule has 2 unspecified atom stereocenters. The first kappa shape index (κ1) is 38.8. The Balaban J connectivity index is -0.000000657. The van der Waals surface area contributed by atoms with Crippen LogP contribution in [0.2, 0.25) is 0 Å². The predicted octanol–water partition coefficient (Wildman–Crippen LogP) is 4.98. The summed E-state index contributed by atoms with van der Waals surface area (Å²) in [5.41, 5.74) is 0.0481. The second kappa shape index (κ2) is 19.8. The Morgan fingerprint density at radius 1 is 0.850 bits per heavy atom. The number of nitrogens with one attached hydrogen (secondary N) is 2. The fourth-order valence-corrected chi connectivity index (χ4v) is 4.82. The van der Waals surface area contributed by atoms with Crippen LogP contribution in [0, 0.1) is 17.8 Å². The van der Waals surface area contributed by atoms with Gasteiger partial charge in [0, 0.05) is 85.2 Å². The van der Waals surface area contributed by atoms with Gasteiger partial charge in [-0.25, -0.2) is 0 Å². The van der Waals surface area contributed by atoms with Crippen LogP contribution in [0.25, 0.3) is 0 Å². The molecule has 0 bridgehead atoms. The van der Waals surface area contributed by atoms with Gasteiger partial charge in [-0.05, 0) is 46.0 Å². The van der Waals surface area contributed by atoms with E-state index in [1.165, 1.54) is 0 Å². The number of hydrogen-bond donors (Lipinski definition) is 2. The number of amides is 2. The van der Waals surface area contributed by atoms with Crippen molar-refractivity contribution in [2.45, 2.75) is 120 Å². The Morgan fingerprint density at radius 3 is 1.80 bits per heavy atom. The Labute approximate surface area is 251 Å². The van der Waals surface area contributed by atoms with Gasteiger partial charge in [0.15, 0.2) is 0 Å². The average molecular weight is 574 g/mol. The van der Waals surface area contributed by atoms with E-state index >= 15 is 0 Å². The van der Waals surface area contributed by atoms with Crippen molar-refractivity contribution in [3.05, 3.63) is 0 Å². The third-order valence-corrected chi connectivity index (χ3v) is 8.21. The van der Waals surface area contributed by atoms with Gasteiger partial charge in [0.05, 0.1) is 13.2 Å². The van der Waals surface area contributed by atoms with Crippen LogP contribution in [0.15, 0.2) is 0 Å². The van der Waals surface area contributed by atoms with Crippen LogP contribution in [-0.4, -0.2) is 109 Å².